The summed E-state index contributed by atoms with van der Waals surface area (Å²) in [6, 6.07) is 11.5. The van der Waals surface area contributed by atoms with Gasteiger partial charge in [0, 0.05) is 35.9 Å². The average Bonchev–Trinajstić information content (AvgIpc) is 2.66. The van der Waals surface area contributed by atoms with Crippen molar-refractivity contribution in [3.8, 4) is 5.75 Å². The number of nitrogens with zero attached hydrogens (tertiary/aromatic N) is 1. The topological polar surface area (TPSA) is 54.4 Å². The number of H-pyrrole nitrogens is 1. The molecule has 0 aliphatic heterocycles. The SMILES string of the molecule is C/C=C1\C2C=C(C)CC1(N=Cc1ccc(OC)cc1)c1ccc(=O)[nH]c1C2. The van der Waals surface area contributed by atoms with Crippen molar-refractivity contribution in [1.29, 1.82) is 0 Å². The number of nitrogens with one attached hydrogen (secondary N) is 1. The molecule has 0 saturated heterocycles. The lowest BCUT2D eigenvalue weighted by Gasteiger charge is -2.45. The lowest BCUT2D eigenvalue weighted by molar-refractivity contribution is 0.413. The van der Waals surface area contributed by atoms with E-state index in [9.17, 15) is 4.79 Å². The molecule has 2 aliphatic carbocycles. The second-order valence-corrected chi connectivity index (χ2v) is 7.35. The molecule has 0 fully saturated rings. The highest BCUT2D eigenvalue weighted by atomic mass is 16.5. The number of benzene rings is 1. The van der Waals surface area contributed by atoms with Gasteiger partial charge in [0.2, 0.25) is 5.56 Å². The van der Waals surface area contributed by atoms with E-state index in [0.717, 1.165) is 35.4 Å². The fourth-order valence-electron chi connectivity index (χ4n) is 4.53. The molecule has 138 valence electrons. The Morgan fingerprint density at radius 2 is 2.00 bits per heavy atom. The van der Waals surface area contributed by atoms with Crippen molar-refractivity contribution in [3.05, 3.63) is 86.9 Å². The van der Waals surface area contributed by atoms with Gasteiger partial charge in [-0.25, -0.2) is 0 Å². The molecule has 1 N–H and O–H groups in total. The molecule has 0 saturated carbocycles. The van der Waals surface area contributed by atoms with Crippen LogP contribution in [0.15, 0.2) is 69.5 Å². The minimum atomic E-state index is -0.448. The fourth-order valence-corrected chi connectivity index (χ4v) is 4.53. The number of aliphatic imine (C=N–C) groups is 1. The van der Waals surface area contributed by atoms with Gasteiger partial charge in [-0.2, -0.15) is 0 Å². The van der Waals surface area contributed by atoms with Crippen LogP contribution in [-0.4, -0.2) is 18.3 Å². The van der Waals surface area contributed by atoms with Gasteiger partial charge in [-0.15, -0.1) is 0 Å². The van der Waals surface area contributed by atoms with Gasteiger partial charge in [0.05, 0.1) is 7.11 Å². The summed E-state index contributed by atoms with van der Waals surface area (Å²) < 4.78 is 5.24. The molecule has 2 aromatic rings. The van der Waals surface area contributed by atoms with Crippen molar-refractivity contribution in [3.63, 3.8) is 0 Å². The monoisotopic (exact) mass is 360 g/mol. The predicted octanol–water partition coefficient (Wildman–Crippen LogP) is 4.17. The summed E-state index contributed by atoms with van der Waals surface area (Å²) in [5.74, 6) is 1.11. The molecule has 0 radical (unpaired) electrons. The van der Waals surface area contributed by atoms with E-state index in [-0.39, 0.29) is 11.5 Å². The summed E-state index contributed by atoms with van der Waals surface area (Å²) in [4.78, 5) is 20.1. The number of methoxy groups -OCH3 is 1. The van der Waals surface area contributed by atoms with Gasteiger partial charge in [0.15, 0.2) is 0 Å². The lowest BCUT2D eigenvalue weighted by atomic mass is 9.63. The second-order valence-electron chi connectivity index (χ2n) is 7.35. The Morgan fingerprint density at radius 3 is 2.70 bits per heavy atom. The van der Waals surface area contributed by atoms with E-state index in [0.29, 0.717) is 0 Å². The maximum Gasteiger partial charge on any atom is 0.248 e. The highest BCUT2D eigenvalue weighted by molar-refractivity contribution is 5.81. The van der Waals surface area contributed by atoms with Gasteiger partial charge in [0.25, 0.3) is 0 Å². The van der Waals surface area contributed by atoms with Crippen molar-refractivity contribution in [2.75, 3.05) is 7.11 Å². The Hall–Kier alpha value is -2.88. The zero-order valence-electron chi connectivity index (χ0n) is 16.0. The summed E-state index contributed by atoms with van der Waals surface area (Å²) in [7, 11) is 1.66. The Morgan fingerprint density at radius 1 is 1.22 bits per heavy atom. The van der Waals surface area contributed by atoms with Crippen LogP contribution >= 0.6 is 0 Å². The highest BCUT2D eigenvalue weighted by Crippen LogP contribution is 2.51. The number of allylic oxidation sites excluding steroid dienone is 2. The second kappa shape index (κ2) is 6.69. The number of aromatic nitrogens is 1. The summed E-state index contributed by atoms with van der Waals surface area (Å²) >= 11 is 0. The molecule has 2 bridgehead atoms. The molecule has 2 unspecified atom stereocenters. The van der Waals surface area contributed by atoms with Gasteiger partial charge in [0.1, 0.15) is 11.3 Å². The molecule has 27 heavy (non-hydrogen) atoms. The molecule has 4 heteroatoms. The number of ether oxygens (including phenoxy) is 1. The Bertz CT molecular complexity index is 1010. The quantitative estimate of drug-likeness (QED) is 0.660. The van der Waals surface area contributed by atoms with Gasteiger partial charge in [-0.05, 0) is 61.7 Å². The summed E-state index contributed by atoms with van der Waals surface area (Å²) in [5, 5.41) is 0. The molecule has 1 aromatic heterocycles. The third-order valence-corrected chi connectivity index (χ3v) is 5.63. The van der Waals surface area contributed by atoms with Crippen molar-refractivity contribution < 1.29 is 4.74 Å². The van der Waals surface area contributed by atoms with Gasteiger partial charge >= 0.3 is 0 Å². The maximum absolute atomic E-state index is 11.9. The van der Waals surface area contributed by atoms with E-state index in [2.05, 4.69) is 31.0 Å². The van der Waals surface area contributed by atoms with Crippen LogP contribution in [0, 0.1) is 5.92 Å². The van der Waals surface area contributed by atoms with E-state index in [1.54, 1.807) is 13.2 Å². The first-order chi connectivity index (χ1) is 13.1. The lowest BCUT2D eigenvalue weighted by Crippen LogP contribution is -2.40. The fraction of sp³-hybridized carbons (Fsp3) is 0.304. The molecule has 4 rings (SSSR count). The van der Waals surface area contributed by atoms with Gasteiger partial charge in [-0.3, -0.25) is 9.79 Å². The van der Waals surface area contributed by atoms with Gasteiger partial charge in [-0.1, -0.05) is 17.7 Å². The summed E-state index contributed by atoms with van der Waals surface area (Å²) in [5.41, 5.74) is 5.31. The van der Waals surface area contributed by atoms with Crippen LogP contribution in [0.1, 0.15) is 37.1 Å². The summed E-state index contributed by atoms with van der Waals surface area (Å²) in [6.45, 7) is 4.26. The van der Waals surface area contributed by atoms with E-state index >= 15 is 0 Å². The Kier molecular flexibility index (Phi) is 4.34. The minimum Gasteiger partial charge on any atom is -0.497 e. The first kappa shape index (κ1) is 17.5. The van der Waals surface area contributed by atoms with E-state index in [1.807, 2.05) is 36.5 Å². The normalized spacial score (nSPS) is 25.4. The largest absolute Gasteiger partial charge is 0.497 e. The summed E-state index contributed by atoms with van der Waals surface area (Å²) in [6.07, 6.45) is 8.12. The van der Waals surface area contributed by atoms with Crippen molar-refractivity contribution in [2.45, 2.75) is 32.2 Å². The standard InChI is InChI=1S/C23H24N2O2/c1-4-19-17-11-15(2)13-23(19,20-9-10-22(26)25-21(20)12-17)24-14-16-5-7-18(27-3)8-6-16/h4-11,14,17H,12-13H2,1-3H3,(H,25,26)/b19-4+,24-14?. The first-order valence-corrected chi connectivity index (χ1v) is 9.31. The zero-order chi connectivity index (χ0) is 19.0. The molecular weight excluding hydrogens is 336 g/mol. The average molecular weight is 360 g/mol. The molecular formula is C23H24N2O2. The molecule has 0 spiro atoms. The third-order valence-electron chi connectivity index (χ3n) is 5.63. The number of hydrogen-bond donors (Lipinski definition) is 1. The van der Waals surface area contributed by atoms with Crippen molar-refractivity contribution in [2.24, 2.45) is 10.9 Å². The number of rotatable bonds is 3. The zero-order valence-corrected chi connectivity index (χ0v) is 16.0. The molecule has 0 amide bonds. The highest BCUT2D eigenvalue weighted by Gasteiger charge is 2.46. The van der Waals surface area contributed by atoms with Crippen LogP contribution in [-0.2, 0) is 12.0 Å². The number of aromatic amines is 1. The van der Waals surface area contributed by atoms with Crippen molar-refractivity contribution >= 4 is 6.21 Å². The number of fused-ring (bicyclic) bond motifs is 4. The van der Waals surface area contributed by atoms with Crippen LogP contribution in [0.2, 0.25) is 0 Å². The molecule has 2 aliphatic rings. The molecule has 1 aromatic carbocycles. The van der Waals surface area contributed by atoms with Crippen LogP contribution in [0.3, 0.4) is 0 Å². The Labute approximate surface area is 159 Å². The third kappa shape index (κ3) is 2.95. The first-order valence-electron chi connectivity index (χ1n) is 9.31. The Balaban J connectivity index is 1.86. The number of hydrogen-bond acceptors (Lipinski definition) is 3. The van der Waals surface area contributed by atoms with Crippen molar-refractivity contribution in [1.82, 2.24) is 4.98 Å². The van der Waals surface area contributed by atoms with E-state index < -0.39 is 5.54 Å². The smallest absolute Gasteiger partial charge is 0.248 e. The number of pyridine rings is 1. The molecule has 4 nitrogen and oxygen atoms in total. The van der Waals surface area contributed by atoms with E-state index in [4.69, 9.17) is 9.73 Å². The van der Waals surface area contributed by atoms with Crippen LogP contribution in [0.4, 0.5) is 0 Å². The molecule has 1 heterocycles. The van der Waals surface area contributed by atoms with Crippen LogP contribution in [0.25, 0.3) is 0 Å². The van der Waals surface area contributed by atoms with E-state index in [1.165, 1.54) is 11.1 Å². The predicted molar refractivity (Wildman–Crippen MR) is 109 cm³/mol. The van der Waals surface area contributed by atoms with Gasteiger partial charge < -0.3 is 9.72 Å². The maximum atomic E-state index is 11.9. The molecule has 2 atom stereocenters. The van der Waals surface area contributed by atoms with Crippen LogP contribution < -0.4 is 10.3 Å². The van der Waals surface area contributed by atoms with Crippen LogP contribution in [0.5, 0.6) is 5.75 Å². The minimum absolute atomic E-state index is 0.0502.